The summed E-state index contributed by atoms with van der Waals surface area (Å²) >= 11 is 0. The molecule has 0 saturated heterocycles. The summed E-state index contributed by atoms with van der Waals surface area (Å²) in [6.07, 6.45) is 3.49. The Kier molecular flexibility index (Phi) is 8.02. The molecule has 0 unspecified atom stereocenters. The van der Waals surface area contributed by atoms with Crippen molar-refractivity contribution >= 4 is 85.1 Å². The van der Waals surface area contributed by atoms with Crippen molar-refractivity contribution in [2.45, 2.75) is 26.2 Å². The number of anilines is 9. The van der Waals surface area contributed by atoms with Crippen LogP contribution in [0, 0.1) is 0 Å². The Hall–Kier alpha value is -6.52. The number of hydrogen-bond acceptors (Lipinski definition) is 3. The molecule has 0 amide bonds. The molecule has 8 aromatic rings. The molecule has 0 radical (unpaired) electrons. The molecule has 0 N–H and O–H groups in total. The quantitative estimate of drug-likeness (QED) is 0.147. The number of rotatable bonds is 8. The Balaban J connectivity index is 1.28. The van der Waals surface area contributed by atoms with Crippen LogP contribution < -0.4 is 31.1 Å². The predicted octanol–water partition coefficient (Wildman–Crippen LogP) is 11.7. The van der Waals surface area contributed by atoms with E-state index in [-0.39, 0.29) is 6.71 Å². The first kappa shape index (κ1) is 32.2. The van der Waals surface area contributed by atoms with Crippen molar-refractivity contribution in [1.29, 1.82) is 0 Å². The van der Waals surface area contributed by atoms with Gasteiger partial charge >= 0.3 is 0 Å². The van der Waals surface area contributed by atoms with Gasteiger partial charge in [0.25, 0.3) is 6.71 Å². The lowest BCUT2D eigenvalue weighted by Gasteiger charge is -2.45. The number of para-hydroxylation sites is 4. The Morgan fingerprint density at radius 3 is 1.65 bits per heavy atom. The Morgan fingerprint density at radius 2 is 1.00 bits per heavy atom. The first-order valence-corrected chi connectivity index (χ1v) is 19.2. The molecule has 0 fully saturated rings. The van der Waals surface area contributed by atoms with Crippen LogP contribution in [0.1, 0.15) is 25.3 Å². The van der Waals surface area contributed by atoms with E-state index in [4.69, 9.17) is 0 Å². The maximum atomic E-state index is 2.51. The molecule has 2 aliphatic rings. The monoisotopic (exact) mass is 693 g/mol. The summed E-state index contributed by atoms with van der Waals surface area (Å²) in [6.45, 7) is 2.33. The van der Waals surface area contributed by atoms with Crippen LogP contribution in [-0.2, 0) is 6.42 Å². The van der Waals surface area contributed by atoms with E-state index in [0.29, 0.717) is 0 Å². The van der Waals surface area contributed by atoms with Gasteiger partial charge in [0.05, 0.1) is 5.69 Å². The van der Waals surface area contributed by atoms with E-state index in [9.17, 15) is 0 Å². The van der Waals surface area contributed by atoms with Gasteiger partial charge in [0, 0.05) is 45.5 Å². The summed E-state index contributed by atoms with van der Waals surface area (Å²) in [6, 6.07) is 69.3. The molecule has 3 nitrogen and oxygen atoms in total. The molecule has 0 aromatic heterocycles. The first-order chi connectivity index (χ1) is 26.8. The Bertz CT molecular complexity index is 2620. The van der Waals surface area contributed by atoms with Crippen molar-refractivity contribution < 1.29 is 0 Å². The van der Waals surface area contributed by atoms with E-state index >= 15 is 0 Å². The van der Waals surface area contributed by atoms with Gasteiger partial charge in [-0.1, -0.05) is 129 Å². The van der Waals surface area contributed by atoms with Crippen LogP contribution in [0.15, 0.2) is 188 Å². The number of unbranched alkanes of at least 4 members (excludes halogenated alkanes) is 1. The standard InChI is InChI=1S/C50H40BN3/c1-2-3-16-36-27-30-41(31-28-36)54-47-26-15-13-24-45(47)51-44-23-12-14-25-46(44)53(40-21-8-5-9-22-40)48-34-43(35-49(54)50(48)51)52(39-19-6-4-7-20-39)42-32-29-37-17-10-11-18-38(37)33-42/h4-15,17-35H,2-3,16H2,1H3. The fraction of sp³-hybridized carbons (Fsp3) is 0.0800. The van der Waals surface area contributed by atoms with Crippen LogP contribution in [0.3, 0.4) is 0 Å². The van der Waals surface area contributed by atoms with Gasteiger partial charge in [-0.15, -0.1) is 0 Å². The molecule has 0 aliphatic carbocycles. The zero-order valence-corrected chi connectivity index (χ0v) is 30.4. The van der Waals surface area contributed by atoms with Crippen molar-refractivity contribution in [1.82, 2.24) is 0 Å². The molecule has 10 rings (SSSR count). The second kappa shape index (κ2) is 13.5. The Morgan fingerprint density at radius 1 is 0.444 bits per heavy atom. The zero-order chi connectivity index (χ0) is 36.0. The highest BCUT2D eigenvalue weighted by Crippen LogP contribution is 2.48. The fourth-order valence-electron chi connectivity index (χ4n) is 8.68. The molecular formula is C50H40BN3. The summed E-state index contributed by atoms with van der Waals surface area (Å²) in [5, 5.41) is 2.45. The van der Waals surface area contributed by atoms with Crippen molar-refractivity contribution in [3.05, 3.63) is 194 Å². The number of aryl methyl sites for hydroxylation is 1. The molecule has 2 aliphatic heterocycles. The second-order valence-electron chi connectivity index (χ2n) is 14.4. The average Bonchev–Trinajstić information content (AvgIpc) is 3.24. The van der Waals surface area contributed by atoms with Gasteiger partial charge in [-0.2, -0.15) is 0 Å². The normalized spacial score (nSPS) is 12.6. The zero-order valence-electron chi connectivity index (χ0n) is 30.4. The first-order valence-electron chi connectivity index (χ1n) is 19.2. The van der Waals surface area contributed by atoms with E-state index in [0.717, 1.165) is 29.2 Å². The summed E-state index contributed by atoms with van der Waals surface area (Å²) < 4.78 is 0. The highest BCUT2D eigenvalue weighted by atomic mass is 15.2. The minimum atomic E-state index is 0.0716. The highest BCUT2D eigenvalue weighted by molar-refractivity contribution is 7.00. The Labute approximate surface area is 318 Å². The SMILES string of the molecule is CCCCc1ccc(N2c3ccccc3B3c4ccccc4N(c4ccccc4)c4cc(N(c5ccccc5)c5ccc6ccccc6c5)cc2c43)cc1. The third-order valence-corrected chi connectivity index (χ3v) is 11.2. The van der Waals surface area contributed by atoms with Gasteiger partial charge in [-0.3, -0.25) is 0 Å². The highest BCUT2D eigenvalue weighted by Gasteiger charge is 2.43. The molecule has 4 heteroatoms. The van der Waals surface area contributed by atoms with E-state index in [2.05, 4.69) is 210 Å². The van der Waals surface area contributed by atoms with Crippen molar-refractivity contribution in [2.24, 2.45) is 0 Å². The maximum absolute atomic E-state index is 2.51. The van der Waals surface area contributed by atoms with Gasteiger partial charge in [0.15, 0.2) is 0 Å². The molecule has 8 aromatic carbocycles. The summed E-state index contributed by atoms with van der Waals surface area (Å²) in [4.78, 5) is 7.42. The van der Waals surface area contributed by atoms with Gasteiger partial charge in [-0.25, -0.2) is 0 Å². The largest absolute Gasteiger partial charge is 0.311 e. The van der Waals surface area contributed by atoms with Crippen molar-refractivity contribution in [3.63, 3.8) is 0 Å². The fourth-order valence-corrected chi connectivity index (χ4v) is 8.68. The van der Waals surface area contributed by atoms with Gasteiger partial charge in [-0.05, 0) is 118 Å². The second-order valence-corrected chi connectivity index (χ2v) is 14.4. The number of hydrogen-bond donors (Lipinski definition) is 0. The predicted molar refractivity (Wildman–Crippen MR) is 231 cm³/mol. The molecule has 54 heavy (non-hydrogen) atoms. The van der Waals surface area contributed by atoms with Gasteiger partial charge in [0.2, 0.25) is 0 Å². The van der Waals surface area contributed by atoms with E-state index < -0.39 is 0 Å². The van der Waals surface area contributed by atoms with E-state index in [1.807, 2.05) is 0 Å². The number of benzene rings is 8. The topological polar surface area (TPSA) is 9.72 Å². The van der Waals surface area contributed by atoms with Gasteiger partial charge < -0.3 is 14.7 Å². The minimum absolute atomic E-state index is 0.0716. The molecule has 0 spiro atoms. The molecule has 0 atom stereocenters. The molecule has 2 heterocycles. The summed E-state index contributed by atoms with van der Waals surface area (Å²) in [7, 11) is 0. The van der Waals surface area contributed by atoms with E-state index in [1.165, 1.54) is 74.0 Å². The smallest absolute Gasteiger partial charge is 0.252 e. The average molecular weight is 694 g/mol. The third kappa shape index (κ3) is 5.37. The minimum Gasteiger partial charge on any atom is -0.311 e. The lowest BCUT2D eigenvalue weighted by molar-refractivity contribution is 0.795. The molecule has 0 saturated carbocycles. The number of nitrogens with zero attached hydrogens (tertiary/aromatic N) is 3. The summed E-state index contributed by atoms with van der Waals surface area (Å²) in [5.41, 5.74) is 15.8. The van der Waals surface area contributed by atoms with Crippen molar-refractivity contribution in [3.8, 4) is 0 Å². The van der Waals surface area contributed by atoms with Crippen LogP contribution in [0.5, 0.6) is 0 Å². The molecule has 258 valence electrons. The van der Waals surface area contributed by atoms with E-state index in [1.54, 1.807) is 0 Å². The van der Waals surface area contributed by atoms with Crippen LogP contribution >= 0.6 is 0 Å². The van der Waals surface area contributed by atoms with Crippen LogP contribution in [-0.4, -0.2) is 6.71 Å². The lowest BCUT2D eigenvalue weighted by atomic mass is 9.33. The van der Waals surface area contributed by atoms with Gasteiger partial charge in [0.1, 0.15) is 0 Å². The molecular weight excluding hydrogens is 653 g/mol. The molecule has 0 bridgehead atoms. The van der Waals surface area contributed by atoms with Crippen LogP contribution in [0.25, 0.3) is 10.8 Å². The van der Waals surface area contributed by atoms with Crippen LogP contribution in [0.2, 0.25) is 0 Å². The number of fused-ring (bicyclic) bond motifs is 5. The summed E-state index contributed by atoms with van der Waals surface area (Å²) in [5.74, 6) is 0. The van der Waals surface area contributed by atoms with Crippen molar-refractivity contribution in [2.75, 3.05) is 14.7 Å². The third-order valence-electron chi connectivity index (χ3n) is 11.2. The lowest BCUT2D eigenvalue weighted by Crippen LogP contribution is -2.61. The maximum Gasteiger partial charge on any atom is 0.252 e. The van der Waals surface area contributed by atoms with Crippen LogP contribution in [0.4, 0.5) is 51.2 Å².